The van der Waals surface area contributed by atoms with Crippen molar-refractivity contribution in [2.75, 3.05) is 18.9 Å². The number of hydrogen-bond donors (Lipinski definition) is 2. The van der Waals surface area contributed by atoms with Crippen molar-refractivity contribution in [1.82, 2.24) is 9.88 Å². The maximum atomic E-state index is 9.41. The van der Waals surface area contributed by atoms with Gasteiger partial charge in [-0.25, -0.2) is 4.98 Å². The standard InChI is InChI=1S/C14H19N3O2/c15-11-5-3-6-12-14(11)16-13(19-12)8-17-7-2-1-4-10(17)9-18/h3,5-6,10,18H,1-2,4,7-9,15H2. The van der Waals surface area contributed by atoms with Crippen LogP contribution in [0.15, 0.2) is 22.6 Å². The fourth-order valence-electron chi connectivity index (χ4n) is 2.73. The molecule has 0 bridgehead atoms. The summed E-state index contributed by atoms with van der Waals surface area (Å²) in [5, 5.41) is 9.41. The van der Waals surface area contributed by atoms with Crippen LogP contribution in [0, 0.1) is 0 Å². The molecule has 102 valence electrons. The minimum atomic E-state index is 0.197. The van der Waals surface area contributed by atoms with E-state index in [1.165, 1.54) is 12.8 Å². The van der Waals surface area contributed by atoms with Gasteiger partial charge in [-0.2, -0.15) is 0 Å². The summed E-state index contributed by atoms with van der Waals surface area (Å²) < 4.78 is 5.73. The molecule has 1 aliphatic rings. The summed E-state index contributed by atoms with van der Waals surface area (Å²) in [6.45, 7) is 1.82. The summed E-state index contributed by atoms with van der Waals surface area (Å²) in [5.74, 6) is 0.674. The van der Waals surface area contributed by atoms with Gasteiger partial charge in [0.1, 0.15) is 5.52 Å². The van der Waals surface area contributed by atoms with E-state index in [1.54, 1.807) is 0 Å². The summed E-state index contributed by atoms with van der Waals surface area (Å²) in [6.07, 6.45) is 3.39. The Morgan fingerprint density at radius 2 is 2.32 bits per heavy atom. The quantitative estimate of drug-likeness (QED) is 0.823. The van der Waals surface area contributed by atoms with Gasteiger partial charge in [-0.3, -0.25) is 4.90 Å². The Hall–Kier alpha value is -1.59. The predicted octanol–water partition coefficient (Wildman–Crippen LogP) is 1.76. The third kappa shape index (κ3) is 2.43. The van der Waals surface area contributed by atoms with Crippen LogP contribution in [0.4, 0.5) is 5.69 Å². The molecular formula is C14H19N3O2. The van der Waals surface area contributed by atoms with Crippen molar-refractivity contribution in [3.8, 4) is 0 Å². The van der Waals surface area contributed by atoms with Crippen LogP contribution in [0.5, 0.6) is 0 Å². The number of nitrogens with zero attached hydrogens (tertiary/aromatic N) is 2. The zero-order chi connectivity index (χ0) is 13.2. The van der Waals surface area contributed by atoms with Gasteiger partial charge < -0.3 is 15.3 Å². The highest BCUT2D eigenvalue weighted by Crippen LogP contribution is 2.24. The number of aliphatic hydroxyl groups excluding tert-OH is 1. The zero-order valence-corrected chi connectivity index (χ0v) is 10.9. The fraction of sp³-hybridized carbons (Fsp3) is 0.500. The SMILES string of the molecule is Nc1cccc2oc(CN3CCCCC3CO)nc12. The second-order valence-corrected chi connectivity index (χ2v) is 5.10. The molecule has 5 nitrogen and oxygen atoms in total. The molecule has 1 saturated heterocycles. The lowest BCUT2D eigenvalue weighted by Crippen LogP contribution is -2.41. The van der Waals surface area contributed by atoms with Gasteiger partial charge in [0.15, 0.2) is 5.58 Å². The molecule has 0 amide bonds. The number of hydrogen-bond acceptors (Lipinski definition) is 5. The summed E-state index contributed by atoms with van der Waals surface area (Å²) in [4.78, 5) is 6.70. The summed E-state index contributed by atoms with van der Waals surface area (Å²) in [5.41, 5.74) is 7.98. The molecule has 1 aromatic carbocycles. The van der Waals surface area contributed by atoms with Crippen molar-refractivity contribution in [1.29, 1.82) is 0 Å². The van der Waals surface area contributed by atoms with E-state index in [4.69, 9.17) is 10.2 Å². The first-order valence-electron chi connectivity index (χ1n) is 6.77. The Bertz CT molecular complexity index is 567. The van der Waals surface area contributed by atoms with Crippen molar-refractivity contribution in [3.63, 3.8) is 0 Å². The van der Waals surface area contributed by atoms with Gasteiger partial charge in [-0.1, -0.05) is 12.5 Å². The average Bonchev–Trinajstić information content (AvgIpc) is 2.83. The number of piperidine rings is 1. The van der Waals surface area contributed by atoms with E-state index in [2.05, 4.69) is 9.88 Å². The van der Waals surface area contributed by atoms with Crippen molar-refractivity contribution >= 4 is 16.8 Å². The number of fused-ring (bicyclic) bond motifs is 1. The number of nitrogen functional groups attached to an aromatic ring is 1. The molecule has 2 aromatic rings. The zero-order valence-electron chi connectivity index (χ0n) is 10.9. The second kappa shape index (κ2) is 5.19. The molecule has 2 heterocycles. The van der Waals surface area contributed by atoms with E-state index in [0.717, 1.165) is 24.1 Å². The molecule has 0 spiro atoms. The molecule has 3 N–H and O–H groups in total. The molecule has 1 aromatic heterocycles. The first-order valence-corrected chi connectivity index (χ1v) is 6.77. The van der Waals surface area contributed by atoms with E-state index in [-0.39, 0.29) is 12.6 Å². The Morgan fingerprint density at radius 1 is 1.42 bits per heavy atom. The molecule has 5 heteroatoms. The van der Waals surface area contributed by atoms with Crippen molar-refractivity contribution in [3.05, 3.63) is 24.1 Å². The number of likely N-dealkylation sites (tertiary alicyclic amines) is 1. The first-order chi connectivity index (χ1) is 9.28. The van der Waals surface area contributed by atoms with Gasteiger partial charge in [0.2, 0.25) is 5.89 Å². The molecule has 0 saturated carbocycles. The van der Waals surface area contributed by atoms with Gasteiger partial charge in [0, 0.05) is 6.04 Å². The average molecular weight is 261 g/mol. The van der Waals surface area contributed by atoms with Crippen LogP contribution in [0.2, 0.25) is 0 Å². The highest BCUT2D eigenvalue weighted by atomic mass is 16.3. The van der Waals surface area contributed by atoms with Gasteiger partial charge >= 0.3 is 0 Å². The lowest BCUT2D eigenvalue weighted by Gasteiger charge is -2.33. The molecule has 0 aliphatic carbocycles. The highest BCUT2D eigenvalue weighted by Gasteiger charge is 2.23. The normalized spacial score (nSPS) is 21.0. The van der Waals surface area contributed by atoms with Crippen molar-refractivity contribution < 1.29 is 9.52 Å². The molecule has 3 rings (SSSR count). The minimum Gasteiger partial charge on any atom is -0.439 e. The van der Waals surface area contributed by atoms with E-state index < -0.39 is 0 Å². The third-order valence-corrected chi connectivity index (χ3v) is 3.79. The van der Waals surface area contributed by atoms with E-state index in [0.29, 0.717) is 18.1 Å². The molecule has 0 radical (unpaired) electrons. The number of nitrogens with two attached hydrogens (primary N) is 1. The molecule has 19 heavy (non-hydrogen) atoms. The smallest absolute Gasteiger partial charge is 0.209 e. The van der Waals surface area contributed by atoms with Crippen LogP contribution in [-0.4, -0.2) is 34.2 Å². The molecule has 1 fully saturated rings. The largest absolute Gasteiger partial charge is 0.439 e. The molecule has 1 aliphatic heterocycles. The molecular weight excluding hydrogens is 242 g/mol. The number of para-hydroxylation sites is 1. The third-order valence-electron chi connectivity index (χ3n) is 3.79. The first kappa shape index (κ1) is 12.4. The molecule has 1 atom stereocenters. The summed E-state index contributed by atoms with van der Waals surface area (Å²) in [6, 6.07) is 5.79. The monoisotopic (exact) mass is 261 g/mol. The summed E-state index contributed by atoms with van der Waals surface area (Å²) in [7, 11) is 0. The van der Waals surface area contributed by atoms with Crippen molar-refractivity contribution in [2.45, 2.75) is 31.8 Å². The lowest BCUT2D eigenvalue weighted by atomic mass is 10.0. The maximum absolute atomic E-state index is 9.41. The van der Waals surface area contributed by atoms with Crippen molar-refractivity contribution in [2.24, 2.45) is 0 Å². The number of anilines is 1. The van der Waals surface area contributed by atoms with E-state index in [1.807, 2.05) is 18.2 Å². The van der Waals surface area contributed by atoms with Gasteiger partial charge in [0.25, 0.3) is 0 Å². The van der Waals surface area contributed by atoms with Crippen LogP contribution in [-0.2, 0) is 6.54 Å². The summed E-state index contributed by atoms with van der Waals surface area (Å²) >= 11 is 0. The Kier molecular flexibility index (Phi) is 3.40. The van der Waals surface area contributed by atoms with Crippen LogP contribution in [0.3, 0.4) is 0 Å². The Labute approximate surface area is 112 Å². The fourth-order valence-corrected chi connectivity index (χ4v) is 2.73. The van der Waals surface area contributed by atoms with Gasteiger partial charge in [-0.15, -0.1) is 0 Å². The van der Waals surface area contributed by atoms with E-state index >= 15 is 0 Å². The van der Waals surface area contributed by atoms with Crippen LogP contribution < -0.4 is 5.73 Å². The van der Waals surface area contributed by atoms with Crippen LogP contribution >= 0.6 is 0 Å². The second-order valence-electron chi connectivity index (χ2n) is 5.10. The minimum absolute atomic E-state index is 0.197. The number of benzene rings is 1. The highest BCUT2D eigenvalue weighted by molar-refractivity contribution is 5.85. The van der Waals surface area contributed by atoms with Crippen LogP contribution in [0.25, 0.3) is 11.1 Å². The Morgan fingerprint density at radius 3 is 3.11 bits per heavy atom. The van der Waals surface area contributed by atoms with E-state index in [9.17, 15) is 5.11 Å². The number of oxazole rings is 1. The van der Waals surface area contributed by atoms with Gasteiger partial charge in [-0.05, 0) is 31.5 Å². The maximum Gasteiger partial charge on any atom is 0.209 e. The molecule has 1 unspecified atom stereocenters. The number of aliphatic hydroxyl groups is 1. The number of rotatable bonds is 3. The number of aromatic nitrogens is 1. The lowest BCUT2D eigenvalue weighted by molar-refractivity contribution is 0.0773. The predicted molar refractivity (Wildman–Crippen MR) is 73.6 cm³/mol. The van der Waals surface area contributed by atoms with Crippen LogP contribution in [0.1, 0.15) is 25.2 Å². The topological polar surface area (TPSA) is 75.5 Å². The Balaban J connectivity index is 1.82. The van der Waals surface area contributed by atoms with Gasteiger partial charge in [0.05, 0.1) is 18.8 Å².